The van der Waals surface area contributed by atoms with E-state index in [1.165, 1.54) is 0 Å². The number of carbonyl (C=O) groups excluding carboxylic acids is 1. The van der Waals surface area contributed by atoms with Crippen molar-refractivity contribution in [3.63, 3.8) is 0 Å². The summed E-state index contributed by atoms with van der Waals surface area (Å²) in [5.41, 5.74) is 2.88. The van der Waals surface area contributed by atoms with Crippen LogP contribution in [0.2, 0.25) is 0 Å². The largest absolute Gasteiger partial charge is 0.496 e. The van der Waals surface area contributed by atoms with E-state index < -0.39 is 0 Å². The van der Waals surface area contributed by atoms with E-state index >= 15 is 0 Å². The number of nitrogens with zero attached hydrogens (tertiary/aromatic N) is 1. The standard InChI is InChI=1S/C26H27NO4/c1-29-23-17-25(31-3)24(30-2)16-22(23)14-15-26(28)27(18-20-10-6-4-7-11-20)19-21-12-8-5-9-13-21/h4-17H,18-19H2,1-3H3/b15-14+. The molecular formula is C26H27NO4. The Bertz CT molecular complexity index is 975. The minimum Gasteiger partial charge on any atom is -0.496 e. The minimum absolute atomic E-state index is 0.0930. The number of ether oxygens (including phenoxy) is 3. The monoisotopic (exact) mass is 417 g/mol. The average molecular weight is 418 g/mol. The normalized spacial score (nSPS) is 10.7. The first-order valence-electron chi connectivity index (χ1n) is 9.99. The van der Waals surface area contributed by atoms with E-state index in [0.717, 1.165) is 16.7 Å². The highest BCUT2D eigenvalue weighted by Crippen LogP contribution is 2.35. The van der Waals surface area contributed by atoms with Crippen LogP contribution in [-0.4, -0.2) is 32.1 Å². The summed E-state index contributed by atoms with van der Waals surface area (Å²) in [6.07, 6.45) is 3.31. The lowest BCUT2D eigenvalue weighted by atomic mass is 10.1. The maximum absolute atomic E-state index is 13.1. The van der Waals surface area contributed by atoms with Gasteiger partial charge in [0.15, 0.2) is 11.5 Å². The molecule has 0 atom stereocenters. The van der Waals surface area contributed by atoms with Crippen molar-refractivity contribution in [2.24, 2.45) is 0 Å². The Balaban J connectivity index is 1.86. The third-order valence-electron chi connectivity index (χ3n) is 4.89. The fourth-order valence-electron chi connectivity index (χ4n) is 3.27. The van der Waals surface area contributed by atoms with Crippen LogP contribution in [0.5, 0.6) is 17.2 Å². The maximum atomic E-state index is 13.1. The molecule has 3 rings (SSSR count). The third kappa shape index (κ3) is 5.89. The molecule has 0 bridgehead atoms. The second kappa shape index (κ2) is 10.9. The quantitative estimate of drug-likeness (QED) is 0.462. The smallest absolute Gasteiger partial charge is 0.247 e. The number of benzene rings is 3. The number of carbonyl (C=O) groups is 1. The predicted molar refractivity (Wildman–Crippen MR) is 122 cm³/mol. The second-order valence-corrected chi connectivity index (χ2v) is 6.95. The molecule has 0 aromatic heterocycles. The molecule has 31 heavy (non-hydrogen) atoms. The van der Waals surface area contributed by atoms with Crippen LogP contribution in [0.1, 0.15) is 16.7 Å². The van der Waals surface area contributed by atoms with E-state index in [0.29, 0.717) is 30.3 Å². The Morgan fingerprint density at radius 3 is 1.71 bits per heavy atom. The van der Waals surface area contributed by atoms with E-state index in [1.807, 2.05) is 65.6 Å². The Hall–Kier alpha value is -3.73. The molecule has 3 aromatic rings. The first-order valence-corrected chi connectivity index (χ1v) is 9.99. The zero-order chi connectivity index (χ0) is 22.1. The molecule has 0 saturated heterocycles. The average Bonchev–Trinajstić information content (AvgIpc) is 2.82. The van der Waals surface area contributed by atoms with Gasteiger partial charge in [0.1, 0.15) is 5.75 Å². The molecule has 5 nitrogen and oxygen atoms in total. The summed E-state index contributed by atoms with van der Waals surface area (Å²) in [5.74, 6) is 1.64. The third-order valence-corrected chi connectivity index (χ3v) is 4.89. The van der Waals surface area contributed by atoms with Gasteiger partial charge in [0.05, 0.1) is 21.3 Å². The molecule has 0 spiro atoms. The van der Waals surface area contributed by atoms with Gasteiger partial charge in [-0.25, -0.2) is 0 Å². The lowest BCUT2D eigenvalue weighted by Crippen LogP contribution is -2.28. The van der Waals surface area contributed by atoms with Crippen molar-refractivity contribution in [2.45, 2.75) is 13.1 Å². The van der Waals surface area contributed by atoms with Crippen LogP contribution in [0.4, 0.5) is 0 Å². The molecule has 0 aliphatic rings. The van der Waals surface area contributed by atoms with Crippen molar-refractivity contribution < 1.29 is 19.0 Å². The van der Waals surface area contributed by atoms with Crippen LogP contribution in [0.25, 0.3) is 6.08 Å². The number of rotatable bonds is 9. The Kier molecular flexibility index (Phi) is 7.71. The van der Waals surface area contributed by atoms with Crippen molar-refractivity contribution in [3.8, 4) is 17.2 Å². The minimum atomic E-state index is -0.0930. The summed E-state index contributed by atoms with van der Waals surface area (Å²) in [5, 5.41) is 0. The molecule has 1 amide bonds. The summed E-state index contributed by atoms with van der Waals surface area (Å²) in [6.45, 7) is 1.03. The lowest BCUT2D eigenvalue weighted by molar-refractivity contribution is -0.127. The SMILES string of the molecule is COc1cc(OC)c(OC)cc1/C=C/C(=O)N(Cc1ccccc1)Cc1ccccc1. The van der Waals surface area contributed by atoms with Gasteiger partial charge in [0.25, 0.3) is 0 Å². The molecule has 0 aliphatic heterocycles. The number of methoxy groups -OCH3 is 3. The van der Waals surface area contributed by atoms with Gasteiger partial charge in [0, 0.05) is 30.8 Å². The van der Waals surface area contributed by atoms with Crippen molar-refractivity contribution in [3.05, 3.63) is 95.6 Å². The molecule has 160 valence electrons. The van der Waals surface area contributed by atoms with Gasteiger partial charge in [-0.2, -0.15) is 0 Å². The number of hydrogen-bond donors (Lipinski definition) is 0. The molecule has 0 aliphatic carbocycles. The van der Waals surface area contributed by atoms with E-state index in [1.54, 1.807) is 45.6 Å². The zero-order valence-corrected chi connectivity index (χ0v) is 18.1. The highest BCUT2D eigenvalue weighted by molar-refractivity contribution is 5.92. The van der Waals surface area contributed by atoms with Crippen LogP contribution in [-0.2, 0) is 17.9 Å². The highest BCUT2D eigenvalue weighted by atomic mass is 16.5. The predicted octanol–water partition coefficient (Wildman–Crippen LogP) is 4.95. The van der Waals surface area contributed by atoms with E-state index in [9.17, 15) is 4.79 Å². The van der Waals surface area contributed by atoms with Crippen LogP contribution in [0.3, 0.4) is 0 Å². The van der Waals surface area contributed by atoms with Crippen LogP contribution in [0.15, 0.2) is 78.9 Å². The van der Waals surface area contributed by atoms with Gasteiger partial charge in [-0.05, 0) is 23.3 Å². The highest BCUT2D eigenvalue weighted by Gasteiger charge is 2.14. The maximum Gasteiger partial charge on any atom is 0.247 e. The van der Waals surface area contributed by atoms with Crippen molar-refractivity contribution in [2.75, 3.05) is 21.3 Å². The van der Waals surface area contributed by atoms with Gasteiger partial charge in [-0.1, -0.05) is 60.7 Å². The van der Waals surface area contributed by atoms with E-state index in [-0.39, 0.29) is 5.91 Å². The number of amides is 1. The van der Waals surface area contributed by atoms with Gasteiger partial charge in [-0.15, -0.1) is 0 Å². The molecule has 0 fully saturated rings. The fourth-order valence-corrected chi connectivity index (χ4v) is 3.27. The fraction of sp³-hybridized carbons (Fsp3) is 0.192. The van der Waals surface area contributed by atoms with Crippen molar-refractivity contribution in [1.29, 1.82) is 0 Å². The van der Waals surface area contributed by atoms with E-state index in [2.05, 4.69) is 0 Å². The van der Waals surface area contributed by atoms with Crippen molar-refractivity contribution >= 4 is 12.0 Å². The summed E-state index contributed by atoms with van der Waals surface area (Å²) in [4.78, 5) is 15.0. The van der Waals surface area contributed by atoms with Crippen LogP contribution < -0.4 is 14.2 Å². The molecule has 0 N–H and O–H groups in total. The Morgan fingerprint density at radius 2 is 1.23 bits per heavy atom. The van der Waals surface area contributed by atoms with Gasteiger partial charge >= 0.3 is 0 Å². The van der Waals surface area contributed by atoms with E-state index in [4.69, 9.17) is 14.2 Å². The first-order chi connectivity index (χ1) is 15.1. The lowest BCUT2D eigenvalue weighted by Gasteiger charge is -2.22. The molecule has 0 saturated carbocycles. The zero-order valence-electron chi connectivity index (χ0n) is 18.1. The van der Waals surface area contributed by atoms with Gasteiger partial charge in [-0.3, -0.25) is 4.79 Å². The molecule has 0 heterocycles. The van der Waals surface area contributed by atoms with Crippen molar-refractivity contribution in [1.82, 2.24) is 4.90 Å². The Morgan fingerprint density at radius 1 is 0.742 bits per heavy atom. The van der Waals surface area contributed by atoms with Crippen LogP contribution in [0, 0.1) is 0 Å². The molecule has 5 heteroatoms. The summed E-state index contributed by atoms with van der Waals surface area (Å²) in [6, 6.07) is 23.5. The summed E-state index contributed by atoms with van der Waals surface area (Å²) in [7, 11) is 4.73. The molecular weight excluding hydrogens is 390 g/mol. The summed E-state index contributed by atoms with van der Waals surface area (Å²) < 4.78 is 16.2. The summed E-state index contributed by atoms with van der Waals surface area (Å²) >= 11 is 0. The Labute approximate surface area is 183 Å². The van der Waals surface area contributed by atoms with Crippen LogP contribution >= 0.6 is 0 Å². The number of hydrogen-bond acceptors (Lipinski definition) is 4. The van der Waals surface area contributed by atoms with Gasteiger partial charge < -0.3 is 19.1 Å². The second-order valence-electron chi connectivity index (χ2n) is 6.95. The molecule has 0 radical (unpaired) electrons. The van der Waals surface area contributed by atoms with Gasteiger partial charge in [0.2, 0.25) is 5.91 Å². The first kappa shape index (κ1) is 22.0. The molecule has 3 aromatic carbocycles. The topological polar surface area (TPSA) is 48.0 Å². The molecule has 0 unspecified atom stereocenters.